The van der Waals surface area contributed by atoms with E-state index in [1.165, 1.54) is 6.42 Å². The first-order valence-corrected chi connectivity index (χ1v) is 17.7. The van der Waals surface area contributed by atoms with E-state index in [-0.39, 0.29) is 24.7 Å². The van der Waals surface area contributed by atoms with Gasteiger partial charge in [-0.15, -0.1) is 0 Å². The van der Waals surface area contributed by atoms with Gasteiger partial charge in [-0.05, 0) is 74.9 Å². The second-order valence-corrected chi connectivity index (χ2v) is 14.6. The number of ketones is 1. The molecule has 0 aromatic heterocycles. The Labute approximate surface area is 285 Å². The summed E-state index contributed by atoms with van der Waals surface area (Å²) in [4.78, 5) is 56.8. The van der Waals surface area contributed by atoms with Crippen molar-refractivity contribution >= 4 is 34.3 Å². The highest BCUT2D eigenvalue weighted by Gasteiger charge is 2.35. The summed E-state index contributed by atoms with van der Waals surface area (Å²) in [7, 11) is 0. The van der Waals surface area contributed by atoms with E-state index >= 15 is 0 Å². The molecule has 0 spiro atoms. The monoisotopic (exact) mass is 653 g/mol. The molecule has 1 saturated carbocycles. The first-order valence-electron chi connectivity index (χ1n) is 17.7. The Balaban J connectivity index is 1.31. The standard InChI is InChI=1S/C40H51N3O5/c1-40(2,3)48-39(47)34(25-29-16-8-5-9-17-29)42-37(45)33(24-28-14-6-4-7-15-28)41-38(46)35-20-12-13-23-43(35)27-36(44)32-22-21-30-18-10-11-19-31(30)26-32/h4,6-7,10-11,14-15,18-19,21-22,26,29,33-35H,5,8-9,12-13,16-17,20,23-25,27H2,1-3H3,(H,41,46)(H,42,45)/t33-,34?,35-/m0/s1. The van der Waals surface area contributed by atoms with Gasteiger partial charge in [-0.25, -0.2) is 4.79 Å². The number of carbonyl (C=O) groups excluding carboxylic acids is 4. The number of likely N-dealkylation sites (tertiary alicyclic amines) is 1. The maximum Gasteiger partial charge on any atom is 0.329 e. The lowest BCUT2D eigenvalue weighted by atomic mass is 9.84. The Kier molecular flexibility index (Phi) is 12.0. The van der Waals surface area contributed by atoms with Crippen LogP contribution < -0.4 is 10.6 Å². The van der Waals surface area contributed by atoms with E-state index < -0.39 is 35.6 Å². The first-order chi connectivity index (χ1) is 23.1. The Bertz CT molecular complexity index is 1560. The van der Waals surface area contributed by atoms with Crippen molar-refractivity contribution in [1.82, 2.24) is 15.5 Å². The van der Waals surface area contributed by atoms with E-state index in [1.807, 2.05) is 98.5 Å². The highest BCUT2D eigenvalue weighted by atomic mass is 16.6. The second kappa shape index (κ2) is 16.4. The molecule has 1 heterocycles. The fourth-order valence-corrected chi connectivity index (χ4v) is 7.06. The average molecular weight is 654 g/mol. The van der Waals surface area contributed by atoms with Gasteiger partial charge in [-0.3, -0.25) is 19.3 Å². The number of fused-ring (bicyclic) bond motifs is 1. The molecule has 2 amide bonds. The van der Waals surface area contributed by atoms with E-state index in [9.17, 15) is 19.2 Å². The molecule has 3 aromatic rings. The molecule has 5 rings (SSSR count). The zero-order valence-electron chi connectivity index (χ0n) is 28.7. The Morgan fingerprint density at radius 2 is 1.48 bits per heavy atom. The molecular weight excluding hydrogens is 602 g/mol. The number of hydrogen-bond acceptors (Lipinski definition) is 6. The van der Waals surface area contributed by atoms with Crippen LogP contribution in [0.2, 0.25) is 0 Å². The predicted octanol–water partition coefficient (Wildman–Crippen LogP) is 6.40. The number of Topliss-reactive ketones (excluding diaryl/α,β-unsaturated/α-hetero) is 1. The van der Waals surface area contributed by atoms with Crippen molar-refractivity contribution in [2.75, 3.05) is 13.1 Å². The average Bonchev–Trinajstić information content (AvgIpc) is 3.07. The Morgan fingerprint density at radius 1 is 0.792 bits per heavy atom. The summed E-state index contributed by atoms with van der Waals surface area (Å²) in [5.74, 6) is -0.847. The lowest BCUT2D eigenvalue weighted by Crippen LogP contribution is -2.58. The largest absolute Gasteiger partial charge is 0.458 e. The first kappa shape index (κ1) is 35.3. The minimum absolute atomic E-state index is 0.0399. The lowest BCUT2D eigenvalue weighted by molar-refractivity contribution is -0.159. The van der Waals surface area contributed by atoms with E-state index in [0.29, 0.717) is 30.9 Å². The van der Waals surface area contributed by atoms with Crippen LogP contribution in [0.15, 0.2) is 72.8 Å². The van der Waals surface area contributed by atoms with Crippen LogP contribution >= 0.6 is 0 Å². The fraction of sp³-hybridized carbons (Fsp3) is 0.500. The van der Waals surface area contributed by atoms with Gasteiger partial charge in [0.15, 0.2) is 5.78 Å². The molecule has 2 aliphatic rings. The summed E-state index contributed by atoms with van der Waals surface area (Å²) >= 11 is 0. The van der Waals surface area contributed by atoms with Gasteiger partial charge in [0.1, 0.15) is 17.7 Å². The second-order valence-electron chi connectivity index (χ2n) is 14.6. The molecule has 8 heteroatoms. The fourth-order valence-electron chi connectivity index (χ4n) is 7.06. The van der Waals surface area contributed by atoms with Crippen molar-refractivity contribution in [3.8, 4) is 0 Å². The van der Waals surface area contributed by atoms with Crippen LogP contribution in [0.25, 0.3) is 10.8 Å². The molecule has 48 heavy (non-hydrogen) atoms. The third kappa shape index (κ3) is 9.99. The molecule has 256 valence electrons. The van der Waals surface area contributed by atoms with Gasteiger partial charge >= 0.3 is 5.97 Å². The van der Waals surface area contributed by atoms with Crippen LogP contribution in [0.1, 0.15) is 94.5 Å². The van der Waals surface area contributed by atoms with Crippen LogP contribution in [0.5, 0.6) is 0 Å². The SMILES string of the molecule is CC(C)(C)OC(=O)C(CC1CCCCC1)NC(=O)[C@H](Cc1ccccc1)NC(=O)[C@@H]1CCCCN1CC(=O)c1ccc2ccccc2c1. The lowest BCUT2D eigenvalue weighted by Gasteiger charge is -2.35. The van der Waals surface area contributed by atoms with Crippen LogP contribution in [0, 0.1) is 5.92 Å². The summed E-state index contributed by atoms with van der Waals surface area (Å²) in [6, 6.07) is 21.0. The maximum atomic E-state index is 14.0. The van der Waals surface area contributed by atoms with Crippen molar-refractivity contribution in [1.29, 1.82) is 0 Å². The van der Waals surface area contributed by atoms with E-state index in [0.717, 1.165) is 54.9 Å². The van der Waals surface area contributed by atoms with E-state index in [2.05, 4.69) is 10.6 Å². The highest BCUT2D eigenvalue weighted by molar-refractivity contribution is 6.01. The Hall–Kier alpha value is -4.04. The zero-order chi connectivity index (χ0) is 34.1. The third-order valence-electron chi connectivity index (χ3n) is 9.55. The molecule has 1 aliphatic heterocycles. The van der Waals surface area contributed by atoms with Crippen LogP contribution in [-0.4, -0.2) is 65.3 Å². The molecule has 0 radical (unpaired) electrons. The zero-order valence-corrected chi connectivity index (χ0v) is 28.7. The minimum Gasteiger partial charge on any atom is -0.458 e. The summed E-state index contributed by atoms with van der Waals surface area (Å²) in [6.45, 7) is 6.21. The van der Waals surface area contributed by atoms with Gasteiger partial charge in [-0.2, -0.15) is 0 Å². The van der Waals surface area contributed by atoms with Gasteiger partial charge in [0.05, 0.1) is 12.6 Å². The van der Waals surface area contributed by atoms with Gasteiger partial charge in [-0.1, -0.05) is 105 Å². The number of benzene rings is 3. The molecular formula is C40H51N3O5. The highest BCUT2D eigenvalue weighted by Crippen LogP contribution is 2.28. The summed E-state index contributed by atoms with van der Waals surface area (Å²) in [6.07, 6.45) is 8.60. The molecule has 1 unspecified atom stereocenters. The molecule has 0 bridgehead atoms. The number of carbonyl (C=O) groups is 4. The molecule has 2 N–H and O–H groups in total. The summed E-state index contributed by atoms with van der Waals surface area (Å²) < 4.78 is 5.75. The van der Waals surface area contributed by atoms with E-state index in [4.69, 9.17) is 4.74 Å². The summed E-state index contributed by atoms with van der Waals surface area (Å²) in [5.41, 5.74) is 0.816. The number of rotatable bonds is 12. The minimum atomic E-state index is -0.906. The molecule has 3 atom stereocenters. The smallest absolute Gasteiger partial charge is 0.329 e. The van der Waals surface area contributed by atoms with Crippen molar-refractivity contribution in [2.45, 2.75) is 109 Å². The normalized spacial score (nSPS) is 18.9. The van der Waals surface area contributed by atoms with Crippen LogP contribution in [0.3, 0.4) is 0 Å². The number of amides is 2. The van der Waals surface area contributed by atoms with Gasteiger partial charge < -0.3 is 15.4 Å². The van der Waals surface area contributed by atoms with Crippen molar-refractivity contribution in [2.24, 2.45) is 5.92 Å². The van der Waals surface area contributed by atoms with Gasteiger partial charge in [0.2, 0.25) is 11.8 Å². The summed E-state index contributed by atoms with van der Waals surface area (Å²) in [5, 5.41) is 8.11. The number of piperidine rings is 1. The number of ether oxygens (including phenoxy) is 1. The van der Waals surface area contributed by atoms with E-state index in [1.54, 1.807) is 0 Å². The molecule has 1 saturated heterocycles. The molecule has 1 aliphatic carbocycles. The van der Waals surface area contributed by atoms with Crippen molar-refractivity contribution in [3.05, 3.63) is 83.9 Å². The number of esters is 1. The van der Waals surface area contributed by atoms with Gasteiger partial charge in [0, 0.05) is 12.0 Å². The number of hydrogen-bond donors (Lipinski definition) is 2. The number of nitrogens with one attached hydrogen (secondary N) is 2. The van der Waals surface area contributed by atoms with Crippen LogP contribution in [0.4, 0.5) is 0 Å². The maximum absolute atomic E-state index is 14.0. The third-order valence-corrected chi connectivity index (χ3v) is 9.55. The molecule has 8 nitrogen and oxygen atoms in total. The van der Waals surface area contributed by atoms with Crippen LogP contribution in [-0.2, 0) is 25.5 Å². The Morgan fingerprint density at radius 3 is 2.21 bits per heavy atom. The molecule has 2 fully saturated rings. The molecule has 3 aromatic carbocycles. The predicted molar refractivity (Wildman–Crippen MR) is 189 cm³/mol. The van der Waals surface area contributed by atoms with Crippen molar-refractivity contribution in [3.63, 3.8) is 0 Å². The topological polar surface area (TPSA) is 105 Å². The number of nitrogens with zero attached hydrogens (tertiary/aromatic N) is 1. The quantitative estimate of drug-likeness (QED) is 0.173. The van der Waals surface area contributed by atoms with Crippen molar-refractivity contribution < 1.29 is 23.9 Å². The van der Waals surface area contributed by atoms with Gasteiger partial charge in [0.25, 0.3) is 0 Å².